The van der Waals surface area contributed by atoms with E-state index in [1.165, 1.54) is 11.1 Å². The van der Waals surface area contributed by atoms with Gasteiger partial charge in [-0.2, -0.15) is 0 Å². The number of hydrogen-bond acceptors (Lipinski definition) is 3. The molecule has 0 aliphatic carbocycles. The van der Waals surface area contributed by atoms with E-state index < -0.39 is 11.7 Å². The van der Waals surface area contributed by atoms with Crippen LogP contribution in [0.1, 0.15) is 22.3 Å². The van der Waals surface area contributed by atoms with Crippen LogP contribution in [0.5, 0.6) is 0 Å². The Kier molecular flexibility index (Phi) is 4.27. The largest absolute Gasteiger partial charge is 0.300 e. The number of carbonyl (C=O) groups excluding carboxylic acids is 2. The lowest BCUT2D eigenvalue weighted by Gasteiger charge is -2.30. The van der Waals surface area contributed by atoms with Crippen molar-refractivity contribution in [1.82, 2.24) is 4.90 Å². The molecule has 0 saturated carbocycles. The number of anilines is 1. The molecule has 0 spiro atoms. The smallest absolute Gasteiger partial charge is 0.290 e. The van der Waals surface area contributed by atoms with E-state index in [0.29, 0.717) is 17.9 Å². The predicted molar refractivity (Wildman–Crippen MR) is 101 cm³/mol. The van der Waals surface area contributed by atoms with Crippen LogP contribution in [0.3, 0.4) is 0 Å². The van der Waals surface area contributed by atoms with Gasteiger partial charge in [0.2, 0.25) is 0 Å². The Morgan fingerprint density at radius 3 is 2.52 bits per heavy atom. The van der Waals surface area contributed by atoms with E-state index in [-0.39, 0.29) is 0 Å². The second-order valence-electron chi connectivity index (χ2n) is 6.26. The van der Waals surface area contributed by atoms with E-state index in [1.807, 2.05) is 24.3 Å². The monoisotopic (exact) mass is 396 g/mol. The Hall–Kier alpha value is -2.24. The van der Waals surface area contributed by atoms with Gasteiger partial charge in [-0.1, -0.05) is 42.5 Å². The van der Waals surface area contributed by atoms with Crippen LogP contribution in [0.15, 0.2) is 59.1 Å². The van der Waals surface area contributed by atoms with Gasteiger partial charge in [0.1, 0.15) is 0 Å². The highest BCUT2D eigenvalue weighted by Gasteiger charge is 2.38. The fraction of sp³-hybridized carbons (Fsp3) is 0.200. The highest BCUT2D eigenvalue weighted by Crippen LogP contribution is 2.36. The number of amides is 1. The van der Waals surface area contributed by atoms with Crippen LogP contribution in [0.2, 0.25) is 0 Å². The van der Waals surface area contributed by atoms with Crippen LogP contribution in [0, 0.1) is 0 Å². The van der Waals surface area contributed by atoms with E-state index >= 15 is 0 Å². The van der Waals surface area contributed by atoms with E-state index in [1.54, 1.807) is 17.0 Å². The zero-order valence-electron chi connectivity index (χ0n) is 13.6. The molecule has 5 heteroatoms. The maximum atomic E-state index is 12.4. The number of fused-ring (bicyclic) bond motifs is 1. The average Bonchev–Trinajstić information content (AvgIpc) is 2.89. The molecule has 2 heterocycles. The third kappa shape index (κ3) is 2.94. The summed E-state index contributed by atoms with van der Waals surface area (Å²) in [5.41, 5.74) is 3.76. The van der Waals surface area contributed by atoms with Crippen molar-refractivity contribution in [2.75, 3.05) is 24.7 Å². The Bertz CT molecular complexity index is 877. The molecule has 0 aromatic heterocycles. The second-order valence-corrected chi connectivity index (χ2v) is 7.12. The summed E-state index contributed by atoms with van der Waals surface area (Å²) >= 11 is 3.47. The highest BCUT2D eigenvalue weighted by atomic mass is 79.9. The fourth-order valence-electron chi connectivity index (χ4n) is 3.40. The predicted octanol–water partition coefficient (Wildman–Crippen LogP) is 3.73. The van der Waals surface area contributed by atoms with Crippen LogP contribution in [0.4, 0.5) is 5.69 Å². The van der Waals surface area contributed by atoms with E-state index in [4.69, 9.17) is 0 Å². The van der Waals surface area contributed by atoms with Gasteiger partial charge in [-0.3, -0.25) is 19.4 Å². The van der Waals surface area contributed by atoms with Crippen LogP contribution in [-0.2, 0) is 4.79 Å². The molecular formula is C20H17BrN2O2. The number of nitrogens with zero attached hydrogens (tertiary/aromatic N) is 2. The van der Waals surface area contributed by atoms with Gasteiger partial charge in [-0.25, -0.2) is 0 Å². The van der Waals surface area contributed by atoms with Gasteiger partial charge in [0.25, 0.3) is 5.78 Å². The molecule has 0 atom stereocenters. The first-order chi connectivity index (χ1) is 12.1. The number of carbonyl (C=O) groups is 2. The molecule has 0 saturated heterocycles. The molecule has 2 aromatic carbocycles. The van der Waals surface area contributed by atoms with Gasteiger partial charge in [-0.05, 0) is 45.6 Å². The van der Waals surface area contributed by atoms with Crippen molar-refractivity contribution in [3.63, 3.8) is 0 Å². The van der Waals surface area contributed by atoms with Gasteiger partial charge < -0.3 is 0 Å². The molecule has 1 amide bonds. The maximum Gasteiger partial charge on any atom is 0.300 e. The quantitative estimate of drug-likeness (QED) is 0.742. The van der Waals surface area contributed by atoms with Crippen LogP contribution < -0.4 is 4.90 Å². The summed E-state index contributed by atoms with van der Waals surface area (Å²) in [4.78, 5) is 28.4. The summed E-state index contributed by atoms with van der Waals surface area (Å²) < 4.78 is 0.779. The fourth-order valence-corrected chi connectivity index (χ4v) is 3.98. The van der Waals surface area contributed by atoms with E-state index in [2.05, 4.69) is 39.0 Å². The number of ketones is 1. The lowest BCUT2D eigenvalue weighted by molar-refractivity contribution is -0.114. The minimum Gasteiger partial charge on any atom is -0.290 e. The second kappa shape index (κ2) is 6.58. The molecule has 4 rings (SSSR count). The summed E-state index contributed by atoms with van der Waals surface area (Å²) in [7, 11) is 0. The third-order valence-electron chi connectivity index (χ3n) is 4.72. The van der Waals surface area contributed by atoms with Gasteiger partial charge in [0.05, 0.1) is 17.9 Å². The number of halogens is 1. The molecule has 25 heavy (non-hydrogen) atoms. The number of rotatable bonds is 3. The van der Waals surface area contributed by atoms with Gasteiger partial charge in [-0.15, -0.1) is 0 Å². The number of Topliss-reactive ketones (excluding diaryl/α,β-unsaturated/α-hetero) is 1. The standard InChI is InChI=1S/C20H17BrN2O2/c21-17-8-4-7-16-18(17)23(20(25)19(16)24)13-22-11-9-15(10-12-22)14-5-2-1-3-6-14/h1-9H,10-13H2. The van der Waals surface area contributed by atoms with Crippen LogP contribution in [-0.4, -0.2) is 36.3 Å². The molecule has 0 N–H and O–H groups in total. The zero-order valence-corrected chi connectivity index (χ0v) is 15.2. The Balaban J connectivity index is 1.52. The normalized spacial score (nSPS) is 17.6. The van der Waals surface area contributed by atoms with Gasteiger partial charge in [0, 0.05) is 17.6 Å². The summed E-state index contributed by atoms with van der Waals surface area (Å²) in [5, 5.41) is 0. The van der Waals surface area contributed by atoms with Crippen LogP contribution >= 0.6 is 15.9 Å². The van der Waals surface area contributed by atoms with Crippen molar-refractivity contribution in [3.05, 3.63) is 70.2 Å². The molecule has 0 fully saturated rings. The Morgan fingerprint density at radius 1 is 1.00 bits per heavy atom. The third-order valence-corrected chi connectivity index (χ3v) is 5.36. The zero-order chi connectivity index (χ0) is 17.4. The number of hydrogen-bond donors (Lipinski definition) is 0. The summed E-state index contributed by atoms with van der Waals surface area (Å²) in [6.45, 7) is 2.05. The first-order valence-corrected chi connectivity index (χ1v) is 9.06. The molecule has 2 aliphatic rings. The maximum absolute atomic E-state index is 12.4. The van der Waals surface area contributed by atoms with E-state index in [9.17, 15) is 9.59 Å². The summed E-state index contributed by atoms with van der Waals surface area (Å²) in [5.74, 6) is -0.867. The summed E-state index contributed by atoms with van der Waals surface area (Å²) in [6.07, 6.45) is 3.14. The number of para-hydroxylation sites is 1. The molecule has 0 radical (unpaired) electrons. The van der Waals surface area contributed by atoms with Gasteiger partial charge in [0.15, 0.2) is 0 Å². The molecular weight excluding hydrogens is 380 g/mol. The minimum absolute atomic E-state index is 0.422. The highest BCUT2D eigenvalue weighted by molar-refractivity contribution is 9.10. The molecule has 126 valence electrons. The first kappa shape index (κ1) is 16.2. The first-order valence-electron chi connectivity index (χ1n) is 8.26. The molecule has 4 nitrogen and oxygen atoms in total. The topological polar surface area (TPSA) is 40.6 Å². The van der Waals surface area contributed by atoms with Crippen molar-refractivity contribution in [2.24, 2.45) is 0 Å². The SMILES string of the molecule is O=C1C(=O)N(CN2CC=C(c3ccccc3)CC2)c2c(Br)cccc21. The van der Waals surface area contributed by atoms with Gasteiger partial charge >= 0.3 is 5.91 Å². The lowest BCUT2D eigenvalue weighted by atomic mass is 10.00. The Morgan fingerprint density at radius 2 is 1.80 bits per heavy atom. The Labute approximate surface area is 154 Å². The van der Waals surface area contributed by atoms with Crippen molar-refractivity contribution in [1.29, 1.82) is 0 Å². The van der Waals surface area contributed by atoms with Crippen molar-refractivity contribution in [2.45, 2.75) is 6.42 Å². The summed E-state index contributed by atoms with van der Waals surface area (Å²) in [6, 6.07) is 15.7. The molecule has 2 aromatic rings. The van der Waals surface area contributed by atoms with Crippen molar-refractivity contribution >= 4 is 38.9 Å². The minimum atomic E-state index is -0.445. The van der Waals surface area contributed by atoms with Crippen molar-refractivity contribution < 1.29 is 9.59 Å². The lowest BCUT2D eigenvalue weighted by Crippen LogP contribution is -2.42. The molecule has 0 bridgehead atoms. The van der Waals surface area contributed by atoms with Crippen molar-refractivity contribution in [3.8, 4) is 0 Å². The number of benzene rings is 2. The molecule has 2 aliphatic heterocycles. The average molecular weight is 397 g/mol. The van der Waals surface area contributed by atoms with E-state index in [0.717, 1.165) is 24.0 Å². The molecule has 0 unspecified atom stereocenters. The van der Waals surface area contributed by atoms with Crippen LogP contribution in [0.25, 0.3) is 5.57 Å².